The first-order valence-electron chi connectivity index (χ1n) is 11.1. The number of ether oxygens (including phenoxy) is 1. The van der Waals surface area contributed by atoms with Crippen LogP contribution < -0.4 is 4.74 Å². The van der Waals surface area contributed by atoms with Gasteiger partial charge in [0.05, 0.1) is 0 Å². The van der Waals surface area contributed by atoms with Crippen LogP contribution >= 0.6 is 12.4 Å². The minimum atomic E-state index is 0. The van der Waals surface area contributed by atoms with Crippen LogP contribution in [0.25, 0.3) is 12.2 Å². The fraction of sp³-hybridized carbons (Fsp3) is 0.462. The van der Waals surface area contributed by atoms with Gasteiger partial charge in [0.1, 0.15) is 5.75 Å². The lowest BCUT2D eigenvalue weighted by Crippen LogP contribution is -2.43. The summed E-state index contributed by atoms with van der Waals surface area (Å²) in [7, 11) is 0. The van der Waals surface area contributed by atoms with Gasteiger partial charge < -0.3 is 4.74 Å². The highest BCUT2D eigenvalue weighted by molar-refractivity contribution is 5.85. The van der Waals surface area contributed by atoms with Crippen molar-refractivity contribution < 1.29 is 4.74 Å². The van der Waals surface area contributed by atoms with Gasteiger partial charge >= 0.3 is 0 Å². The Morgan fingerprint density at radius 3 is 2.28 bits per heavy atom. The molecule has 0 bridgehead atoms. The van der Waals surface area contributed by atoms with Crippen LogP contribution in [0.4, 0.5) is 0 Å². The van der Waals surface area contributed by atoms with Crippen molar-refractivity contribution in [2.45, 2.75) is 64.5 Å². The quantitative estimate of drug-likeness (QED) is 0.296. The van der Waals surface area contributed by atoms with Crippen molar-refractivity contribution in [2.75, 3.05) is 13.1 Å². The van der Waals surface area contributed by atoms with E-state index in [1.807, 2.05) is 6.07 Å². The van der Waals surface area contributed by atoms with E-state index in [0.29, 0.717) is 0 Å². The molecule has 0 N–H and O–H groups in total. The maximum absolute atomic E-state index is 6.37. The number of unbranched alkanes of at least 4 members (excludes halogenated alkanes) is 4. The van der Waals surface area contributed by atoms with Crippen LogP contribution in [-0.2, 0) is 0 Å². The summed E-state index contributed by atoms with van der Waals surface area (Å²) in [6.45, 7) is 4.62. The predicted molar refractivity (Wildman–Crippen MR) is 128 cm³/mol. The third kappa shape index (κ3) is 8.24. The van der Waals surface area contributed by atoms with Gasteiger partial charge in [-0.3, -0.25) is 4.90 Å². The molecule has 29 heavy (non-hydrogen) atoms. The molecule has 1 atom stereocenters. The lowest BCUT2D eigenvalue weighted by atomic mass is 10.1. The molecule has 3 rings (SSSR count). The molecule has 2 aromatic rings. The van der Waals surface area contributed by atoms with E-state index in [0.717, 1.165) is 12.2 Å². The van der Waals surface area contributed by atoms with Gasteiger partial charge in [-0.15, -0.1) is 12.4 Å². The summed E-state index contributed by atoms with van der Waals surface area (Å²) in [4.78, 5) is 2.55. The van der Waals surface area contributed by atoms with Gasteiger partial charge in [-0.05, 0) is 48.9 Å². The number of nitrogens with zero attached hydrogens (tertiary/aromatic N) is 1. The van der Waals surface area contributed by atoms with Crippen molar-refractivity contribution in [3.05, 3.63) is 65.7 Å². The van der Waals surface area contributed by atoms with E-state index in [1.54, 1.807) is 0 Å². The second-order valence-electron chi connectivity index (χ2n) is 7.83. The molecule has 3 heteroatoms. The largest absolute Gasteiger partial charge is 0.475 e. The number of hydrogen-bond acceptors (Lipinski definition) is 2. The predicted octanol–water partition coefficient (Wildman–Crippen LogP) is 7.44. The highest BCUT2D eigenvalue weighted by Crippen LogP contribution is 2.23. The van der Waals surface area contributed by atoms with E-state index in [4.69, 9.17) is 4.74 Å². The molecule has 1 aliphatic heterocycles. The van der Waals surface area contributed by atoms with Crippen molar-refractivity contribution >= 4 is 24.6 Å². The molecule has 1 heterocycles. The summed E-state index contributed by atoms with van der Waals surface area (Å²) < 4.78 is 6.37. The van der Waals surface area contributed by atoms with Crippen molar-refractivity contribution in [3.8, 4) is 5.75 Å². The van der Waals surface area contributed by atoms with Crippen molar-refractivity contribution in [3.63, 3.8) is 0 Å². The van der Waals surface area contributed by atoms with Crippen LogP contribution in [0.2, 0.25) is 0 Å². The Morgan fingerprint density at radius 1 is 0.862 bits per heavy atom. The second kappa shape index (κ2) is 13.5. The van der Waals surface area contributed by atoms with Crippen LogP contribution in [0.3, 0.4) is 0 Å². The van der Waals surface area contributed by atoms with Crippen molar-refractivity contribution in [1.82, 2.24) is 4.90 Å². The lowest BCUT2D eigenvalue weighted by Gasteiger charge is -2.35. The monoisotopic (exact) mass is 413 g/mol. The van der Waals surface area contributed by atoms with Gasteiger partial charge in [0.15, 0.2) is 6.23 Å². The van der Waals surface area contributed by atoms with Gasteiger partial charge in [0.25, 0.3) is 0 Å². The minimum absolute atomic E-state index is 0. The molecule has 0 saturated carbocycles. The maximum Gasteiger partial charge on any atom is 0.152 e. The number of hydrogen-bond donors (Lipinski definition) is 0. The molecule has 2 nitrogen and oxygen atoms in total. The Morgan fingerprint density at radius 2 is 1.55 bits per heavy atom. The Bertz CT molecular complexity index is 698. The molecular formula is C26H36ClNO. The first-order valence-corrected chi connectivity index (χ1v) is 11.1. The van der Waals surface area contributed by atoms with Gasteiger partial charge in [-0.25, -0.2) is 0 Å². The van der Waals surface area contributed by atoms with Gasteiger partial charge in [0, 0.05) is 13.1 Å². The van der Waals surface area contributed by atoms with Crippen LogP contribution in [-0.4, -0.2) is 24.2 Å². The SMILES string of the molecule is CCCCCCCN1CCCCC1Oc1ccc(/C=C/c2ccccc2)cc1.Cl. The topological polar surface area (TPSA) is 12.5 Å². The summed E-state index contributed by atoms with van der Waals surface area (Å²) in [5, 5.41) is 0. The first kappa shape index (κ1) is 23.5. The van der Waals surface area contributed by atoms with Crippen LogP contribution in [0.15, 0.2) is 54.6 Å². The summed E-state index contributed by atoms with van der Waals surface area (Å²) in [5.41, 5.74) is 2.42. The van der Waals surface area contributed by atoms with E-state index in [2.05, 4.69) is 72.5 Å². The summed E-state index contributed by atoms with van der Waals surface area (Å²) in [5.74, 6) is 0.986. The smallest absolute Gasteiger partial charge is 0.152 e. The molecule has 1 aliphatic rings. The zero-order valence-electron chi connectivity index (χ0n) is 17.8. The zero-order valence-corrected chi connectivity index (χ0v) is 18.6. The average molecular weight is 414 g/mol. The van der Waals surface area contributed by atoms with Gasteiger partial charge in [-0.1, -0.05) is 87.2 Å². The Hall–Kier alpha value is -1.77. The molecule has 0 amide bonds. The Labute approximate surface area is 183 Å². The van der Waals surface area contributed by atoms with E-state index < -0.39 is 0 Å². The number of benzene rings is 2. The van der Waals surface area contributed by atoms with Crippen molar-refractivity contribution in [1.29, 1.82) is 0 Å². The van der Waals surface area contributed by atoms with Crippen molar-refractivity contribution in [2.24, 2.45) is 0 Å². The number of likely N-dealkylation sites (tertiary alicyclic amines) is 1. The summed E-state index contributed by atoms with van der Waals surface area (Å²) in [6.07, 6.45) is 15.0. The highest BCUT2D eigenvalue weighted by atomic mass is 35.5. The van der Waals surface area contributed by atoms with Crippen LogP contribution in [0, 0.1) is 0 Å². The van der Waals surface area contributed by atoms with Gasteiger partial charge in [-0.2, -0.15) is 0 Å². The molecule has 1 unspecified atom stereocenters. The highest BCUT2D eigenvalue weighted by Gasteiger charge is 2.23. The van der Waals surface area contributed by atoms with E-state index in [-0.39, 0.29) is 18.6 Å². The number of rotatable bonds is 10. The standard InChI is InChI=1S/C26H35NO.ClH/c1-2-3-4-5-10-21-27-22-11-9-14-26(27)28-25-19-17-24(18-20-25)16-15-23-12-7-6-8-13-23;/h6-8,12-13,15-20,26H,2-5,9-11,14,21-22H2,1H3;1H/b16-15+;. The van der Waals surface area contributed by atoms with Crippen LogP contribution in [0.1, 0.15) is 69.4 Å². The van der Waals surface area contributed by atoms with E-state index in [9.17, 15) is 0 Å². The Balaban J connectivity index is 0.00000300. The fourth-order valence-electron chi connectivity index (χ4n) is 3.84. The maximum atomic E-state index is 6.37. The summed E-state index contributed by atoms with van der Waals surface area (Å²) in [6, 6.07) is 18.9. The number of piperidine rings is 1. The summed E-state index contributed by atoms with van der Waals surface area (Å²) >= 11 is 0. The third-order valence-corrected chi connectivity index (χ3v) is 5.52. The second-order valence-corrected chi connectivity index (χ2v) is 7.83. The molecule has 1 saturated heterocycles. The fourth-order valence-corrected chi connectivity index (χ4v) is 3.84. The average Bonchev–Trinajstić information content (AvgIpc) is 2.75. The van der Waals surface area contributed by atoms with E-state index >= 15 is 0 Å². The molecular weight excluding hydrogens is 378 g/mol. The molecule has 1 fully saturated rings. The zero-order chi connectivity index (χ0) is 19.4. The molecule has 0 aliphatic carbocycles. The normalized spacial score (nSPS) is 17.2. The van der Waals surface area contributed by atoms with E-state index in [1.165, 1.54) is 69.2 Å². The molecule has 158 valence electrons. The molecule has 0 aromatic heterocycles. The molecule has 0 spiro atoms. The van der Waals surface area contributed by atoms with Gasteiger partial charge in [0.2, 0.25) is 0 Å². The number of halogens is 1. The Kier molecular flexibility index (Phi) is 10.9. The van der Waals surface area contributed by atoms with Crippen LogP contribution in [0.5, 0.6) is 5.75 Å². The molecule has 0 radical (unpaired) electrons. The third-order valence-electron chi connectivity index (χ3n) is 5.52. The minimum Gasteiger partial charge on any atom is -0.475 e. The lowest BCUT2D eigenvalue weighted by molar-refractivity contribution is -0.00474. The first-order chi connectivity index (χ1) is 13.8. The molecule has 2 aromatic carbocycles.